The number of nitrogens with zero attached hydrogens (tertiary/aromatic N) is 1. The number of amides is 4. The van der Waals surface area contributed by atoms with Gasteiger partial charge in [0.15, 0.2) is 0 Å². The molecule has 0 unspecified atom stereocenters. The smallest absolute Gasteiger partial charge is 0.335 e. The van der Waals surface area contributed by atoms with E-state index in [1.165, 1.54) is 18.2 Å². The Balaban J connectivity index is 1.57. The van der Waals surface area contributed by atoms with E-state index in [2.05, 4.69) is 37.2 Å². The van der Waals surface area contributed by atoms with Crippen molar-refractivity contribution >= 4 is 61.5 Å². The summed E-state index contributed by atoms with van der Waals surface area (Å²) in [5.41, 5.74) is 2.22. The van der Waals surface area contributed by atoms with Gasteiger partial charge >= 0.3 is 6.03 Å². The standard InChI is InChI=1S/C25H17Br2FN2O4/c1-14-9-18(6-7-20(14)26)30-24(32)19(23(31)29-25(30)33)11-15-5-8-22(21(27)12-15)34-13-16-3-2-4-17(28)10-16/h2-12H,13H2,1H3,(H,29,31,33)/b19-11+. The SMILES string of the molecule is Cc1cc(N2C(=O)NC(=O)/C(=C\c3ccc(OCc4cccc(F)c4)c(Br)c3)C2=O)ccc1Br. The van der Waals surface area contributed by atoms with Gasteiger partial charge in [0.1, 0.15) is 23.7 Å². The van der Waals surface area contributed by atoms with E-state index in [0.717, 1.165) is 14.9 Å². The van der Waals surface area contributed by atoms with Crippen molar-refractivity contribution in [1.82, 2.24) is 5.32 Å². The van der Waals surface area contributed by atoms with E-state index in [1.807, 2.05) is 6.92 Å². The van der Waals surface area contributed by atoms with Crippen molar-refractivity contribution in [3.63, 3.8) is 0 Å². The van der Waals surface area contributed by atoms with Gasteiger partial charge in [-0.2, -0.15) is 0 Å². The number of anilines is 1. The summed E-state index contributed by atoms with van der Waals surface area (Å²) in [5.74, 6) is -1.34. The molecule has 1 N–H and O–H groups in total. The fraction of sp³-hybridized carbons (Fsp3) is 0.0800. The predicted molar refractivity (Wildman–Crippen MR) is 133 cm³/mol. The number of rotatable bonds is 5. The molecule has 9 heteroatoms. The Kier molecular flexibility index (Phi) is 6.95. The van der Waals surface area contributed by atoms with Crippen molar-refractivity contribution in [3.05, 3.63) is 97.7 Å². The molecule has 1 saturated heterocycles. The molecular weight excluding hydrogens is 571 g/mol. The average Bonchev–Trinajstić information content (AvgIpc) is 2.78. The Labute approximate surface area is 211 Å². The van der Waals surface area contributed by atoms with Crippen LogP contribution in [-0.4, -0.2) is 17.8 Å². The highest BCUT2D eigenvalue weighted by atomic mass is 79.9. The van der Waals surface area contributed by atoms with Crippen LogP contribution >= 0.6 is 31.9 Å². The van der Waals surface area contributed by atoms with Gasteiger partial charge in [-0.3, -0.25) is 14.9 Å². The van der Waals surface area contributed by atoms with Crippen LogP contribution in [0.4, 0.5) is 14.9 Å². The highest BCUT2D eigenvalue weighted by molar-refractivity contribution is 9.10. The third-order valence-corrected chi connectivity index (χ3v) is 6.56. The highest BCUT2D eigenvalue weighted by Gasteiger charge is 2.36. The summed E-state index contributed by atoms with van der Waals surface area (Å²) in [6.07, 6.45) is 1.41. The Hall–Kier alpha value is -3.30. The van der Waals surface area contributed by atoms with E-state index >= 15 is 0 Å². The first-order valence-corrected chi connectivity index (χ1v) is 11.7. The maximum absolute atomic E-state index is 13.4. The molecule has 6 nitrogen and oxygen atoms in total. The molecule has 1 heterocycles. The van der Waals surface area contributed by atoms with Crippen LogP contribution in [0.15, 0.2) is 75.2 Å². The van der Waals surface area contributed by atoms with Crippen LogP contribution in [0.1, 0.15) is 16.7 Å². The largest absolute Gasteiger partial charge is 0.488 e. The molecule has 0 aromatic heterocycles. The van der Waals surface area contributed by atoms with Gasteiger partial charge in [-0.1, -0.05) is 34.1 Å². The lowest BCUT2D eigenvalue weighted by atomic mass is 10.1. The molecular formula is C25H17Br2FN2O4. The van der Waals surface area contributed by atoms with Gasteiger partial charge < -0.3 is 4.74 Å². The van der Waals surface area contributed by atoms with E-state index in [9.17, 15) is 18.8 Å². The van der Waals surface area contributed by atoms with Crippen LogP contribution in [-0.2, 0) is 16.2 Å². The minimum Gasteiger partial charge on any atom is -0.488 e. The van der Waals surface area contributed by atoms with Gasteiger partial charge in [0.05, 0.1) is 10.2 Å². The van der Waals surface area contributed by atoms with E-state index in [0.29, 0.717) is 27.0 Å². The molecule has 0 spiro atoms. The lowest BCUT2D eigenvalue weighted by Gasteiger charge is -2.26. The lowest BCUT2D eigenvalue weighted by Crippen LogP contribution is -2.54. The number of carbonyl (C=O) groups excluding carboxylic acids is 3. The van der Waals surface area contributed by atoms with E-state index in [1.54, 1.807) is 48.5 Å². The number of urea groups is 1. The molecule has 0 bridgehead atoms. The minimum absolute atomic E-state index is 0.168. The van der Waals surface area contributed by atoms with Crippen LogP contribution in [0.3, 0.4) is 0 Å². The Morgan fingerprint density at radius 3 is 2.50 bits per heavy atom. The first-order valence-electron chi connectivity index (χ1n) is 10.1. The second-order valence-corrected chi connectivity index (χ2v) is 9.21. The minimum atomic E-state index is -0.809. The van der Waals surface area contributed by atoms with Gasteiger partial charge in [-0.15, -0.1) is 0 Å². The van der Waals surface area contributed by atoms with Crippen LogP contribution in [0.25, 0.3) is 6.08 Å². The fourth-order valence-electron chi connectivity index (χ4n) is 3.34. The van der Waals surface area contributed by atoms with Gasteiger partial charge in [0, 0.05) is 4.47 Å². The molecule has 0 saturated carbocycles. The zero-order valence-electron chi connectivity index (χ0n) is 17.8. The van der Waals surface area contributed by atoms with Crippen LogP contribution in [0.5, 0.6) is 5.75 Å². The van der Waals surface area contributed by atoms with Crippen molar-refractivity contribution < 1.29 is 23.5 Å². The molecule has 0 aliphatic carbocycles. The van der Waals surface area contributed by atoms with Crippen molar-refractivity contribution in [1.29, 1.82) is 0 Å². The maximum Gasteiger partial charge on any atom is 0.335 e. The molecule has 1 aliphatic heterocycles. The van der Waals surface area contributed by atoms with Crippen LogP contribution < -0.4 is 15.0 Å². The summed E-state index contributed by atoms with van der Waals surface area (Å²) < 4.78 is 20.5. The number of barbiturate groups is 1. The van der Waals surface area contributed by atoms with Crippen molar-refractivity contribution in [2.75, 3.05) is 4.90 Å². The first-order chi connectivity index (χ1) is 16.2. The zero-order valence-corrected chi connectivity index (χ0v) is 20.9. The van der Waals surface area contributed by atoms with Gasteiger partial charge in [0.2, 0.25) is 0 Å². The molecule has 0 radical (unpaired) electrons. The van der Waals surface area contributed by atoms with Crippen molar-refractivity contribution in [3.8, 4) is 5.75 Å². The van der Waals surface area contributed by atoms with Crippen molar-refractivity contribution in [2.45, 2.75) is 13.5 Å². The quantitative estimate of drug-likeness (QED) is 0.298. The number of carbonyl (C=O) groups is 3. The zero-order chi connectivity index (χ0) is 24.4. The molecule has 1 aliphatic rings. The Bertz CT molecular complexity index is 1360. The number of aryl methyl sites for hydroxylation is 1. The number of imide groups is 2. The number of hydrogen-bond donors (Lipinski definition) is 1. The molecule has 34 heavy (non-hydrogen) atoms. The molecule has 1 fully saturated rings. The second kappa shape index (κ2) is 9.90. The lowest BCUT2D eigenvalue weighted by molar-refractivity contribution is -0.122. The number of nitrogens with one attached hydrogen (secondary N) is 1. The fourth-order valence-corrected chi connectivity index (χ4v) is 4.10. The van der Waals surface area contributed by atoms with Gasteiger partial charge in [-0.25, -0.2) is 14.1 Å². The van der Waals surface area contributed by atoms with Gasteiger partial charge in [-0.05, 0) is 88.1 Å². The predicted octanol–water partition coefficient (Wildman–Crippen LogP) is 5.90. The highest BCUT2D eigenvalue weighted by Crippen LogP contribution is 2.30. The molecule has 0 atom stereocenters. The Morgan fingerprint density at radius 2 is 1.79 bits per heavy atom. The third-order valence-electron chi connectivity index (χ3n) is 5.05. The van der Waals surface area contributed by atoms with Crippen LogP contribution in [0, 0.1) is 12.7 Å². The number of benzene rings is 3. The number of halogens is 3. The summed E-state index contributed by atoms with van der Waals surface area (Å²) in [6.45, 7) is 2.00. The normalized spacial score (nSPS) is 15.0. The monoisotopic (exact) mass is 586 g/mol. The second-order valence-electron chi connectivity index (χ2n) is 7.50. The first kappa shape index (κ1) is 23.8. The Morgan fingerprint density at radius 1 is 1.00 bits per heavy atom. The molecule has 172 valence electrons. The molecule has 3 aromatic rings. The number of ether oxygens (including phenoxy) is 1. The summed E-state index contributed by atoms with van der Waals surface area (Å²) in [5, 5.41) is 2.21. The van der Waals surface area contributed by atoms with E-state index < -0.39 is 17.8 Å². The molecule has 4 rings (SSSR count). The van der Waals surface area contributed by atoms with E-state index in [-0.39, 0.29) is 18.0 Å². The summed E-state index contributed by atoms with van der Waals surface area (Å²) in [6, 6.07) is 15.3. The van der Waals surface area contributed by atoms with Crippen LogP contribution in [0.2, 0.25) is 0 Å². The molecule has 4 amide bonds. The average molecular weight is 588 g/mol. The van der Waals surface area contributed by atoms with Crippen molar-refractivity contribution in [2.24, 2.45) is 0 Å². The summed E-state index contributed by atoms with van der Waals surface area (Å²) >= 11 is 6.81. The third kappa shape index (κ3) is 5.10. The van der Waals surface area contributed by atoms with Gasteiger partial charge in [0.25, 0.3) is 11.8 Å². The summed E-state index contributed by atoms with van der Waals surface area (Å²) in [4.78, 5) is 38.9. The maximum atomic E-state index is 13.4. The number of hydrogen-bond acceptors (Lipinski definition) is 4. The summed E-state index contributed by atoms with van der Waals surface area (Å²) in [7, 11) is 0. The molecule has 3 aromatic carbocycles. The topological polar surface area (TPSA) is 75.7 Å². The van der Waals surface area contributed by atoms with E-state index in [4.69, 9.17) is 4.74 Å².